The number of methoxy groups -OCH3 is 1. The number of nitrogens with zero attached hydrogens (tertiary/aromatic N) is 2. The summed E-state index contributed by atoms with van der Waals surface area (Å²) in [6, 6.07) is 7.48. The highest BCUT2D eigenvalue weighted by atomic mass is 35.5. The molecule has 0 aliphatic carbocycles. The molecule has 0 aliphatic heterocycles. The normalized spacial score (nSPS) is 10.1. The van der Waals surface area contributed by atoms with E-state index < -0.39 is 0 Å². The third-order valence-electron chi connectivity index (χ3n) is 2.83. The minimum Gasteiger partial charge on any atom is -1.00 e. The number of hydrogen-bond acceptors (Lipinski definition) is 5. The second-order valence-corrected chi connectivity index (χ2v) is 5.86. The molecule has 0 radical (unpaired) electrons. The topological polar surface area (TPSA) is 47.0 Å². The Balaban J connectivity index is 0.00000242. The average Bonchev–Trinajstić information content (AvgIpc) is 2.52. The first-order chi connectivity index (χ1) is 10.3. The molecule has 0 spiro atoms. The van der Waals surface area contributed by atoms with Crippen LogP contribution in [0.5, 0.6) is 5.75 Å². The van der Waals surface area contributed by atoms with Crippen molar-refractivity contribution in [2.24, 2.45) is 0 Å². The van der Waals surface area contributed by atoms with Gasteiger partial charge in [-0.2, -0.15) is 0 Å². The zero-order valence-electron chi connectivity index (χ0n) is 12.3. The number of halogens is 2. The molecule has 1 heterocycles. The first-order valence-electron chi connectivity index (χ1n) is 6.72. The third-order valence-corrected chi connectivity index (χ3v) is 4.03. The molecule has 0 aliphatic rings. The van der Waals surface area contributed by atoms with Crippen LogP contribution in [0.3, 0.4) is 0 Å². The van der Waals surface area contributed by atoms with Gasteiger partial charge >= 0.3 is 0 Å². The fraction of sp³-hybridized carbons (Fsp3) is 0.333. The standard InChI is InChI=1S/C15H18ClN3OS.ClH/c1-20-14-5-4-13(16)10-12(14)11-17-6-3-9-21-15-18-7-2-8-19-15;/h2,4-5,7-8,10,17H,3,6,9,11H2,1H3;1H/p-1. The Morgan fingerprint density at radius 1 is 1.27 bits per heavy atom. The average molecular weight is 359 g/mol. The number of hydrogen-bond donors (Lipinski definition) is 1. The Kier molecular flexibility index (Phi) is 9.24. The Labute approximate surface area is 146 Å². The van der Waals surface area contributed by atoms with E-state index in [1.54, 1.807) is 31.3 Å². The Bertz CT molecular complexity index is 558. The zero-order valence-corrected chi connectivity index (χ0v) is 14.6. The van der Waals surface area contributed by atoms with Gasteiger partial charge in [0.15, 0.2) is 5.16 Å². The molecule has 0 bridgehead atoms. The van der Waals surface area contributed by atoms with Gasteiger partial charge in [0.2, 0.25) is 0 Å². The molecule has 0 fully saturated rings. The summed E-state index contributed by atoms with van der Waals surface area (Å²) in [7, 11) is 1.67. The number of rotatable bonds is 8. The fourth-order valence-electron chi connectivity index (χ4n) is 1.83. The van der Waals surface area contributed by atoms with Gasteiger partial charge in [0.05, 0.1) is 7.11 Å². The van der Waals surface area contributed by atoms with Gasteiger partial charge in [-0.3, -0.25) is 0 Å². The van der Waals surface area contributed by atoms with Crippen LogP contribution < -0.4 is 22.5 Å². The van der Waals surface area contributed by atoms with E-state index in [-0.39, 0.29) is 12.4 Å². The molecule has 2 aromatic rings. The van der Waals surface area contributed by atoms with Crippen LogP contribution in [0.15, 0.2) is 41.8 Å². The maximum atomic E-state index is 6.00. The lowest BCUT2D eigenvalue weighted by molar-refractivity contribution is -0.00000458. The SMILES string of the molecule is COc1ccc(Cl)cc1CNCCCSc1ncccn1.[Cl-]. The number of ether oxygens (including phenoxy) is 1. The van der Waals surface area contributed by atoms with Gasteiger partial charge in [-0.05, 0) is 37.2 Å². The summed E-state index contributed by atoms with van der Waals surface area (Å²) in [5.41, 5.74) is 1.07. The van der Waals surface area contributed by atoms with Crippen LogP contribution in [-0.4, -0.2) is 29.4 Å². The Morgan fingerprint density at radius 3 is 2.77 bits per heavy atom. The molecule has 0 saturated heterocycles. The van der Waals surface area contributed by atoms with Gasteiger partial charge in [0, 0.05) is 35.3 Å². The quantitative estimate of drug-likeness (QED) is 0.421. The highest BCUT2D eigenvalue weighted by Gasteiger charge is 2.03. The summed E-state index contributed by atoms with van der Waals surface area (Å²) in [6.45, 7) is 1.67. The van der Waals surface area contributed by atoms with Crippen molar-refractivity contribution >= 4 is 23.4 Å². The lowest BCUT2D eigenvalue weighted by Gasteiger charge is -2.10. The maximum Gasteiger partial charge on any atom is 0.187 e. The molecule has 7 heteroatoms. The van der Waals surface area contributed by atoms with E-state index in [0.717, 1.165) is 46.8 Å². The van der Waals surface area contributed by atoms with Gasteiger partial charge < -0.3 is 22.5 Å². The number of nitrogens with one attached hydrogen (secondary N) is 1. The minimum absolute atomic E-state index is 0. The molecule has 0 unspecified atom stereocenters. The molecule has 2 rings (SSSR count). The molecular weight excluding hydrogens is 341 g/mol. The van der Waals surface area contributed by atoms with Crippen molar-refractivity contribution in [3.8, 4) is 5.75 Å². The van der Waals surface area contributed by atoms with Gasteiger partial charge in [0.25, 0.3) is 0 Å². The summed E-state index contributed by atoms with van der Waals surface area (Å²) in [4.78, 5) is 8.35. The molecule has 1 aromatic carbocycles. The van der Waals surface area contributed by atoms with E-state index >= 15 is 0 Å². The van der Waals surface area contributed by atoms with Crippen molar-refractivity contribution in [1.82, 2.24) is 15.3 Å². The minimum atomic E-state index is 0. The molecule has 0 amide bonds. The largest absolute Gasteiger partial charge is 1.00 e. The van der Waals surface area contributed by atoms with Crippen molar-refractivity contribution in [3.05, 3.63) is 47.2 Å². The molecule has 1 aromatic heterocycles. The molecule has 120 valence electrons. The van der Waals surface area contributed by atoms with Crippen molar-refractivity contribution in [2.75, 3.05) is 19.4 Å². The van der Waals surface area contributed by atoms with Crippen molar-refractivity contribution < 1.29 is 17.1 Å². The predicted molar refractivity (Wildman–Crippen MR) is 87.1 cm³/mol. The molecular formula is C15H18Cl2N3OS-. The van der Waals surface area contributed by atoms with E-state index in [1.165, 1.54) is 0 Å². The van der Waals surface area contributed by atoms with Crippen LogP contribution in [0.25, 0.3) is 0 Å². The van der Waals surface area contributed by atoms with Crippen molar-refractivity contribution in [1.29, 1.82) is 0 Å². The molecule has 22 heavy (non-hydrogen) atoms. The molecule has 4 nitrogen and oxygen atoms in total. The van der Waals surface area contributed by atoms with E-state index in [0.29, 0.717) is 0 Å². The second-order valence-electron chi connectivity index (χ2n) is 4.37. The lowest BCUT2D eigenvalue weighted by Crippen LogP contribution is -3.00. The van der Waals surface area contributed by atoms with Gasteiger partial charge in [0.1, 0.15) is 5.75 Å². The van der Waals surface area contributed by atoms with E-state index in [2.05, 4.69) is 15.3 Å². The van der Waals surface area contributed by atoms with Gasteiger partial charge in [-0.25, -0.2) is 9.97 Å². The van der Waals surface area contributed by atoms with Crippen LogP contribution in [0.1, 0.15) is 12.0 Å². The van der Waals surface area contributed by atoms with E-state index in [9.17, 15) is 0 Å². The van der Waals surface area contributed by atoms with Crippen LogP contribution in [0.4, 0.5) is 0 Å². The number of thioether (sulfide) groups is 1. The Hall–Kier alpha value is -1.01. The van der Waals surface area contributed by atoms with Crippen LogP contribution in [0, 0.1) is 0 Å². The molecule has 1 N–H and O–H groups in total. The summed E-state index contributed by atoms with van der Waals surface area (Å²) < 4.78 is 5.32. The van der Waals surface area contributed by atoms with Crippen molar-refractivity contribution in [2.45, 2.75) is 18.1 Å². The smallest absolute Gasteiger partial charge is 0.187 e. The third kappa shape index (κ3) is 6.40. The highest BCUT2D eigenvalue weighted by Crippen LogP contribution is 2.22. The lowest BCUT2D eigenvalue weighted by atomic mass is 10.2. The zero-order chi connectivity index (χ0) is 14.9. The van der Waals surface area contributed by atoms with E-state index in [1.807, 2.05) is 24.3 Å². The van der Waals surface area contributed by atoms with Gasteiger partial charge in [-0.1, -0.05) is 23.4 Å². The fourth-order valence-corrected chi connectivity index (χ4v) is 2.77. The number of aromatic nitrogens is 2. The first-order valence-corrected chi connectivity index (χ1v) is 8.09. The van der Waals surface area contributed by atoms with Gasteiger partial charge in [-0.15, -0.1) is 0 Å². The van der Waals surface area contributed by atoms with Crippen LogP contribution in [-0.2, 0) is 6.54 Å². The summed E-state index contributed by atoms with van der Waals surface area (Å²) in [6.07, 6.45) is 4.57. The molecule has 0 atom stereocenters. The monoisotopic (exact) mass is 358 g/mol. The Morgan fingerprint density at radius 2 is 2.05 bits per heavy atom. The van der Waals surface area contributed by atoms with Crippen LogP contribution >= 0.6 is 23.4 Å². The maximum absolute atomic E-state index is 6.00. The number of benzene rings is 1. The highest BCUT2D eigenvalue weighted by molar-refractivity contribution is 7.99. The predicted octanol–water partition coefficient (Wildman–Crippen LogP) is 0.415. The van der Waals surface area contributed by atoms with Crippen molar-refractivity contribution in [3.63, 3.8) is 0 Å². The molecule has 0 saturated carbocycles. The summed E-state index contributed by atoms with van der Waals surface area (Å²) >= 11 is 7.67. The summed E-state index contributed by atoms with van der Waals surface area (Å²) in [5.74, 6) is 1.85. The summed E-state index contributed by atoms with van der Waals surface area (Å²) in [5, 5.41) is 4.95. The van der Waals surface area contributed by atoms with Crippen LogP contribution in [0.2, 0.25) is 5.02 Å². The second kappa shape index (κ2) is 10.7. The van der Waals surface area contributed by atoms with E-state index in [4.69, 9.17) is 16.3 Å². The first kappa shape index (κ1) is 19.0.